The Hall–Kier alpha value is -1.52. The highest BCUT2D eigenvalue weighted by Gasteiger charge is 2.07. The molecule has 2 aromatic rings. The molecule has 0 aromatic carbocycles. The van der Waals surface area contributed by atoms with Gasteiger partial charge in [0.1, 0.15) is 11.7 Å². The third-order valence-corrected chi connectivity index (χ3v) is 1.89. The van der Waals surface area contributed by atoms with Crippen LogP contribution in [-0.2, 0) is 6.54 Å². The normalized spacial score (nSPS) is 13.4. The lowest BCUT2D eigenvalue weighted by Crippen LogP contribution is -2.09. The first-order valence-corrected chi connectivity index (χ1v) is 4.46. The number of hydrogen-bond donors (Lipinski definition) is 0. The van der Waals surface area contributed by atoms with Crippen LogP contribution in [0.2, 0.25) is 0 Å². The molecule has 4 nitrogen and oxygen atoms in total. The summed E-state index contributed by atoms with van der Waals surface area (Å²) in [6.45, 7) is 3.57. The number of rotatable bonds is 2. The van der Waals surface area contributed by atoms with Gasteiger partial charge in [-0.05, 0) is 13.8 Å². The zero-order valence-corrected chi connectivity index (χ0v) is 8.11. The lowest BCUT2D eigenvalue weighted by Gasteiger charge is -2.02. The molecule has 2 aromatic heterocycles. The molecule has 2 rings (SSSR count). The fourth-order valence-electron chi connectivity index (χ4n) is 1.31. The summed E-state index contributed by atoms with van der Waals surface area (Å²) in [6, 6.07) is 0. The summed E-state index contributed by atoms with van der Waals surface area (Å²) in [7, 11) is 0. The van der Waals surface area contributed by atoms with E-state index in [1.807, 2.05) is 6.92 Å². The van der Waals surface area contributed by atoms with Gasteiger partial charge in [0, 0.05) is 6.20 Å². The van der Waals surface area contributed by atoms with E-state index in [0.29, 0.717) is 11.2 Å². The molecule has 0 aliphatic heterocycles. The molecule has 0 radical (unpaired) electrons. The van der Waals surface area contributed by atoms with Gasteiger partial charge in [-0.25, -0.2) is 19.0 Å². The quantitative estimate of drug-likeness (QED) is 0.727. The maximum Gasteiger partial charge on any atom is 0.177 e. The molecule has 0 fully saturated rings. The van der Waals surface area contributed by atoms with Crippen molar-refractivity contribution in [3.63, 3.8) is 0 Å². The van der Waals surface area contributed by atoms with E-state index in [4.69, 9.17) is 0 Å². The molecule has 2 heterocycles. The average Bonchev–Trinajstić information content (AvgIpc) is 2.47. The summed E-state index contributed by atoms with van der Waals surface area (Å²) in [4.78, 5) is 8.40. The van der Waals surface area contributed by atoms with E-state index in [0.717, 1.165) is 5.69 Å². The van der Waals surface area contributed by atoms with Gasteiger partial charge < -0.3 is 0 Å². The summed E-state index contributed by atoms with van der Waals surface area (Å²) in [5.41, 5.74) is 2.16. The van der Waals surface area contributed by atoms with Crippen LogP contribution in [0, 0.1) is 6.92 Å². The van der Waals surface area contributed by atoms with Crippen molar-refractivity contribution >= 4 is 11.2 Å². The van der Waals surface area contributed by atoms with Crippen molar-refractivity contribution < 1.29 is 4.39 Å². The molecule has 0 aliphatic rings. The summed E-state index contributed by atoms with van der Waals surface area (Å²) in [5, 5.41) is 4.03. The molecule has 0 saturated heterocycles. The van der Waals surface area contributed by atoms with Crippen molar-refractivity contribution in [2.24, 2.45) is 0 Å². The van der Waals surface area contributed by atoms with E-state index in [1.54, 1.807) is 17.1 Å². The number of hydrogen-bond acceptors (Lipinski definition) is 3. The van der Waals surface area contributed by atoms with Crippen LogP contribution in [0.3, 0.4) is 0 Å². The number of nitrogens with zero attached hydrogens (tertiary/aromatic N) is 4. The SMILES string of the molecule is Cc1cnc2cnn(CC(C)F)c2n1. The minimum Gasteiger partial charge on any atom is -0.249 e. The summed E-state index contributed by atoms with van der Waals surface area (Å²) < 4.78 is 14.3. The smallest absolute Gasteiger partial charge is 0.177 e. The molecule has 5 heteroatoms. The van der Waals surface area contributed by atoms with E-state index in [-0.39, 0.29) is 6.54 Å². The van der Waals surface area contributed by atoms with Crippen molar-refractivity contribution in [3.05, 3.63) is 18.1 Å². The van der Waals surface area contributed by atoms with Crippen LogP contribution < -0.4 is 0 Å². The molecular weight excluding hydrogens is 183 g/mol. The summed E-state index contributed by atoms with van der Waals surface area (Å²) in [5.74, 6) is 0. The zero-order chi connectivity index (χ0) is 10.1. The van der Waals surface area contributed by atoms with Crippen molar-refractivity contribution in [2.45, 2.75) is 26.6 Å². The second kappa shape index (κ2) is 3.32. The Kier molecular flexibility index (Phi) is 2.15. The van der Waals surface area contributed by atoms with Gasteiger partial charge in [-0.1, -0.05) is 0 Å². The number of halogens is 1. The van der Waals surface area contributed by atoms with Gasteiger partial charge in [-0.2, -0.15) is 5.10 Å². The molecule has 0 spiro atoms. The Bertz CT molecular complexity index is 449. The van der Waals surface area contributed by atoms with Crippen LogP contribution in [0.15, 0.2) is 12.4 Å². The Morgan fingerprint density at radius 2 is 2.29 bits per heavy atom. The molecule has 0 N–H and O–H groups in total. The van der Waals surface area contributed by atoms with Crippen LogP contribution in [0.4, 0.5) is 4.39 Å². The van der Waals surface area contributed by atoms with Gasteiger partial charge in [0.25, 0.3) is 0 Å². The van der Waals surface area contributed by atoms with Gasteiger partial charge in [0.2, 0.25) is 0 Å². The topological polar surface area (TPSA) is 43.6 Å². The molecule has 0 aliphatic carbocycles. The van der Waals surface area contributed by atoms with Crippen molar-refractivity contribution in [3.8, 4) is 0 Å². The van der Waals surface area contributed by atoms with Gasteiger partial charge in [-0.15, -0.1) is 0 Å². The predicted molar refractivity (Wildman–Crippen MR) is 50.6 cm³/mol. The number of aryl methyl sites for hydroxylation is 1. The first-order chi connectivity index (χ1) is 6.66. The van der Waals surface area contributed by atoms with E-state index >= 15 is 0 Å². The highest BCUT2D eigenvalue weighted by molar-refractivity contribution is 5.68. The second-order valence-corrected chi connectivity index (χ2v) is 3.33. The summed E-state index contributed by atoms with van der Waals surface area (Å²) >= 11 is 0. The first kappa shape index (κ1) is 9.05. The lowest BCUT2D eigenvalue weighted by molar-refractivity contribution is 0.312. The Morgan fingerprint density at radius 1 is 1.50 bits per heavy atom. The number of alkyl halides is 1. The highest BCUT2D eigenvalue weighted by Crippen LogP contribution is 2.09. The second-order valence-electron chi connectivity index (χ2n) is 3.33. The number of aromatic nitrogens is 4. The van der Waals surface area contributed by atoms with Crippen LogP contribution >= 0.6 is 0 Å². The zero-order valence-electron chi connectivity index (χ0n) is 8.11. The van der Waals surface area contributed by atoms with Gasteiger partial charge in [-0.3, -0.25) is 0 Å². The van der Waals surface area contributed by atoms with E-state index in [2.05, 4.69) is 15.1 Å². The van der Waals surface area contributed by atoms with Gasteiger partial charge in [0.05, 0.1) is 18.4 Å². The Labute approximate surface area is 80.8 Å². The highest BCUT2D eigenvalue weighted by atomic mass is 19.1. The Morgan fingerprint density at radius 3 is 3.00 bits per heavy atom. The number of fused-ring (bicyclic) bond motifs is 1. The third-order valence-electron chi connectivity index (χ3n) is 1.89. The van der Waals surface area contributed by atoms with Crippen molar-refractivity contribution in [1.82, 2.24) is 19.7 Å². The fraction of sp³-hybridized carbons (Fsp3) is 0.444. The standard InChI is InChI=1S/C9H11FN4/c1-6(10)5-14-9-8(4-12-14)11-3-7(2)13-9/h3-4,6H,5H2,1-2H3. The molecule has 1 atom stereocenters. The predicted octanol–water partition coefficient (Wildman–Crippen LogP) is 1.49. The fourth-order valence-corrected chi connectivity index (χ4v) is 1.31. The van der Waals surface area contributed by atoms with Crippen LogP contribution in [0.25, 0.3) is 11.2 Å². The van der Waals surface area contributed by atoms with Crippen LogP contribution in [0.1, 0.15) is 12.6 Å². The van der Waals surface area contributed by atoms with E-state index in [9.17, 15) is 4.39 Å². The monoisotopic (exact) mass is 194 g/mol. The van der Waals surface area contributed by atoms with E-state index < -0.39 is 6.17 Å². The maximum absolute atomic E-state index is 12.8. The minimum atomic E-state index is -0.930. The van der Waals surface area contributed by atoms with E-state index in [1.165, 1.54) is 6.92 Å². The Balaban J connectivity index is 2.50. The molecule has 74 valence electrons. The van der Waals surface area contributed by atoms with Crippen molar-refractivity contribution in [2.75, 3.05) is 0 Å². The van der Waals surface area contributed by atoms with Gasteiger partial charge in [0.15, 0.2) is 5.65 Å². The average molecular weight is 194 g/mol. The molecule has 1 unspecified atom stereocenters. The van der Waals surface area contributed by atoms with Gasteiger partial charge >= 0.3 is 0 Å². The lowest BCUT2D eigenvalue weighted by atomic mass is 10.4. The first-order valence-electron chi connectivity index (χ1n) is 4.46. The molecule has 14 heavy (non-hydrogen) atoms. The molecule has 0 saturated carbocycles. The minimum absolute atomic E-state index is 0.224. The third kappa shape index (κ3) is 1.57. The molecule has 0 bridgehead atoms. The summed E-state index contributed by atoms with van der Waals surface area (Å²) in [6.07, 6.45) is 2.35. The van der Waals surface area contributed by atoms with Crippen LogP contribution in [0.5, 0.6) is 0 Å². The van der Waals surface area contributed by atoms with Crippen LogP contribution in [-0.4, -0.2) is 25.9 Å². The molecule has 0 amide bonds. The molecular formula is C9H11FN4. The maximum atomic E-state index is 12.8. The largest absolute Gasteiger partial charge is 0.249 e. The van der Waals surface area contributed by atoms with Crippen molar-refractivity contribution in [1.29, 1.82) is 0 Å².